The van der Waals surface area contributed by atoms with Crippen LogP contribution in [0.15, 0.2) is 128 Å². The van der Waals surface area contributed by atoms with Gasteiger partial charge in [0.2, 0.25) is 5.91 Å². The second-order valence-electron chi connectivity index (χ2n) is 14.4. The fraction of sp³-hybridized carbons (Fsp3) is 0.295. The molecule has 10 nitrogen and oxygen atoms in total. The molecule has 3 aliphatic heterocycles. The first kappa shape index (κ1) is 35.6. The van der Waals surface area contributed by atoms with Crippen LogP contribution < -0.4 is 15.5 Å². The number of aromatic nitrogens is 1. The first-order valence-electron chi connectivity index (χ1n) is 18.7. The molecule has 4 aromatic carbocycles. The minimum atomic E-state index is -0.570. The van der Waals surface area contributed by atoms with Crippen LogP contribution in [-0.4, -0.2) is 64.8 Å². The second-order valence-corrected chi connectivity index (χ2v) is 14.4. The highest BCUT2D eigenvalue weighted by atomic mass is 16.7. The van der Waals surface area contributed by atoms with Crippen LogP contribution in [-0.2, 0) is 27.4 Å². The fourth-order valence-electron chi connectivity index (χ4n) is 7.93. The van der Waals surface area contributed by atoms with E-state index in [-0.39, 0.29) is 30.6 Å². The number of nitrogens with zero attached hydrogens (tertiary/aromatic N) is 3. The van der Waals surface area contributed by atoms with Crippen LogP contribution in [0.3, 0.4) is 0 Å². The SMILES string of the molecule is O=C(NCc1cccc(-c2ccc([C@@H]3O[C@H](CN4CCC5(CC4)C(=O)NCN5c4ccccc4)C[C@H](c4ccc(CO)cc4)O3)cc2)c1)c1cccnc1. The Morgan fingerprint density at radius 2 is 1.63 bits per heavy atom. The molecular weight excluding hydrogens is 679 g/mol. The molecule has 3 saturated heterocycles. The summed E-state index contributed by atoms with van der Waals surface area (Å²) in [4.78, 5) is 34.5. The third kappa shape index (κ3) is 7.65. The third-order valence-electron chi connectivity index (χ3n) is 11.0. The Hall–Kier alpha value is -5.39. The van der Waals surface area contributed by atoms with E-state index in [1.165, 1.54) is 0 Å². The van der Waals surface area contributed by atoms with Gasteiger partial charge in [-0.05, 0) is 71.0 Å². The lowest BCUT2D eigenvalue weighted by Crippen LogP contribution is -2.57. The van der Waals surface area contributed by atoms with Gasteiger partial charge in [-0.25, -0.2) is 0 Å². The fourth-order valence-corrected chi connectivity index (χ4v) is 7.93. The third-order valence-corrected chi connectivity index (χ3v) is 11.0. The van der Waals surface area contributed by atoms with Crippen LogP contribution in [0.1, 0.15) is 64.3 Å². The van der Waals surface area contributed by atoms with Crippen LogP contribution in [0.5, 0.6) is 0 Å². The van der Waals surface area contributed by atoms with Crippen molar-refractivity contribution < 1.29 is 24.2 Å². The minimum Gasteiger partial charge on any atom is -0.392 e. The monoisotopic (exact) mass is 723 g/mol. The van der Waals surface area contributed by atoms with Crippen molar-refractivity contribution in [3.05, 3.63) is 155 Å². The van der Waals surface area contributed by atoms with E-state index in [0.717, 1.165) is 71.5 Å². The summed E-state index contributed by atoms with van der Waals surface area (Å²) in [6, 6.07) is 38.1. The van der Waals surface area contributed by atoms with Gasteiger partial charge in [-0.2, -0.15) is 0 Å². The Morgan fingerprint density at radius 3 is 2.37 bits per heavy atom. The Balaban J connectivity index is 0.955. The van der Waals surface area contributed by atoms with Crippen LogP contribution in [0.25, 0.3) is 11.1 Å². The van der Waals surface area contributed by atoms with Gasteiger partial charge in [0.15, 0.2) is 6.29 Å². The number of para-hydroxylation sites is 1. The molecule has 0 bridgehead atoms. The number of aliphatic hydroxyl groups excluding tert-OH is 1. The quantitative estimate of drug-likeness (QED) is 0.157. The van der Waals surface area contributed by atoms with E-state index in [4.69, 9.17) is 9.47 Å². The predicted octanol–water partition coefficient (Wildman–Crippen LogP) is 6.14. The summed E-state index contributed by atoms with van der Waals surface area (Å²) in [6.45, 7) is 3.24. The van der Waals surface area contributed by atoms with Crippen molar-refractivity contribution in [1.29, 1.82) is 0 Å². The van der Waals surface area contributed by atoms with E-state index in [1.807, 2.05) is 54.6 Å². The molecular formula is C44H45N5O5. The summed E-state index contributed by atoms with van der Waals surface area (Å²) in [5, 5.41) is 15.7. The molecule has 4 heterocycles. The van der Waals surface area contributed by atoms with E-state index in [2.05, 4.69) is 73.9 Å². The van der Waals surface area contributed by atoms with E-state index in [1.54, 1.807) is 24.5 Å². The van der Waals surface area contributed by atoms with Crippen molar-refractivity contribution >= 4 is 17.5 Å². The number of nitrogens with one attached hydrogen (secondary N) is 2. The van der Waals surface area contributed by atoms with Crippen molar-refractivity contribution in [1.82, 2.24) is 20.5 Å². The molecule has 5 aromatic rings. The summed E-state index contributed by atoms with van der Waals surface area (Å²) >= 11 is 0. The van der Waals surface area contributed by atoms with Gasteiger partial charge in [0.1, 0.15) is 5.54 Å². The van der Waals surface area contributed by atoms with Gasteiger partial charge in [-0.1, -0.05) is 84.9 Å². The number of carbonyl (C=O) groups is 2. The number of hydrogen-bond acceptors (Lipinski definition) is 8. The average Bonchev–Trinajstić information content (AvgIpc) is 3.55. The van der Waals surface area contributed by atoms with E-state index in [0.29, 0.717) is 25.2 Å². The van der Waals surface area contributed by atoms with Crippen molar-refractivity contribution in [3.63, 3.8) is 0 Å². The van der Waals surface area contributed by atoms with E-state index in [9.17, 15) is 14.7 Å². The molecule has 276 valence electrons. The zero-order chi connectivity index (χ0) is 36.9. The molecule has 1 aromatic heterocycles. The Labute approximate surface area is 315 Å². The van der Waals surface area contributed by atoms with Gasteiger partial charge in [-0.15, -0.1) is 0 Å². The first-order valence-corrected chi connectivity index (χ1v) is 18.7. The number of pyridine rings is 1. The molecule has 0 saturated carbocycles. The van der Waals surface area contributed by atoms with E-state index >= 15 is 0 Å². The normalized spacial score (nSPS) is 21.2. The number of ether oxygens (including phenoxy) is 2. The smallest absolute Gasteiger partial charge is 0.253 e. The second kappa shape index (κ2) is 15.9. The molecule has 10 heteroatoms. The van der Waals surface area contributed by atoms with Crippen LogP contribution in [0.4, 0.5) is 5.69 Å². The van der Waals surface area contributed by atoms with Crippen LogP contribution >= 0.6 is 0 Å². The summed E-state index contributed by atoms with van der Waals surface area (Å²) in [5.41, 5.74) is 6.98. The number of likely N-dealkylation sites (tertiary alicyclic amines) is 1. The van der Waals surface area contributed by atoms with Crippen LogP contribution in [0, 0.1) is 0 Å². The highest BCUT2D eigenvalue weighted by molar-refractivity contribution is 5.94. The Kier molecular flexibility index (Phi) is 10.5. The number of benzene rings is 4. The number of anilines is 1. The molecule has 3 atom stereocenters. The molecule has 2 amide bonds. The Bertz CT molecular complexity index is 2040. The summed E-state index contributed by atoms with van der Waals surface area (Å²) in [5.74, 6) is -0.0473. The number of rotatable bonds is 10. The molecule has 3 N–H and O–H groups in total. The predicted molar refractivity (Wildman–Crippen MR) is 206 cm³/mol. The number of hydrogen-bond donors (Lipinski definition) is 3. The average molecular weight is 724 g/mol. The lowest BCUT2D eigenvalue weighted by Gasteiger charge is -2.45. The molecule has 1 spiro atoms. The van der Waals surface area contributed by atoms with Crippen LogP contribution in [0.2, 0.25) is 0 Å². The van der Waals surface area contributed by atoms with Gasteiger partial charge >= 0.3 is 0 Å². The van der Waals surface area contributed by atoms with E-state index < -0.39 is 11.8 Å². The highest BCUT2D eigenvalue weighted by Gasteiger charge is 2.50. The standard InChI is InChI=1S/C44H45N5O5/c50-29-31-11-13-34(14-12-31)40-25-39(28-48-22-19-44(20-23-48)43(52)47-30-49(44)38-9-2-1-3-10-38)53-42(54-40)35-17-15-33(16-18-35)36-7-4-6-32(24-36)26-46-41(51)37-8-5-21-45-27-37/h1-18,21,24,27,39-40,42,50H,19-20,22-23,25-26,28-30H2,(H,46,51)(H,47,52)/t39-,40+,42+/m0/s1. The minimum absolute atomic E-state index is 0.00830. The van der Waals surface area contributed by atoms with Gasteiger partial charge in [-0.3, -0.25) is 14.6 Å². The zero-order valence-electron chi connectivity index (χ0n) is 30.1. The molecule has 3 aliphatic rings. The summed E-state index contributed by atoms with van der Waals surface area (Å²) < 4.78 is 13.4. The maximum Gasteiger partial charge on any atom is 0.253 e. The van der Waals surface area contributed by atoms with Crippen molar-refractivity contribution in [3.8, 4) is 11.1 Å². The number of aliphatic hydroxyl groups is 1. The van der Waals surface area contributed by atoms with Gasteiger partial charge in [0, 0.05) is 56.2 Å². The summed E-state index contributed by atoms with van der Waals surface area (Å²) in [7, 11) is 0. The largest absolute Gasteiger partial charge is 0.392 e. The Morgan fingerprint density at radius 1 is 0.852 bits per heavy atom. The lowest BCUT2D eigenvalue weighted by molar-refractivity contribution is -0.253. The summed E-state index contributed by atoms with van der Waals surface area (Å²) in [6.07, 6.45) is 4.53. The maximum absolute atomic E-state index is 13.3. The molecule has 0 radical (unpaired) electrons. The molecule has 8 rings (SSSR count). The molecule has 54 heavy (non-hydrogen) atoms. The zero-order valence-corrected chi connectivity index (χ0v) is 30.1. The van der Waals surface area contributed by atoms with Crippen molar-refractivity contribution in [2.45, 2.75) is 56.5 Å². The van der Waals surface area contributed by atoms with Gasteiger partial charge < -0.3 is 35.0 Å². The molecule has 3 fully saturated rings. The maximum atomic E-state index is 13.3. The number of amides is 2. The highest BCUT2D eigenvalue weighted by Crippen LogP contribution is 2.40. The molecule has 0 unspecified atom stereocenters. The molecule has 0 aliphatic carbocycles. The van der Waals surface area contributed by atoms with Gasteiger partial charge in [0.25, 0.3) is 5.91 Å². The topological polar surface area (TPSA) is 116 Å². The van der Waals surface area contributed by atoms with Gasteiger partial charge in [0.05, 0.1) is 31.0 Å². The first-order chi connectivity index (χ1) is 26.5. The lowest BCUT2D eigenvalue weighted by atomic mass is 9.85. The number of piperidine rings is 1. The van der Waals surface area contributed by atoms with Crippen molar-refractivity contribution in [2.24, 2.45) is 0 Å². The van der Waals surface area contributed by atoms with Crippen molar-refractivity contribution in [2.75, 3.05) is 31.2 Å². The number of carbonyl (C=O) groups excluding carboxylic acids is 2.